The second-order valence-corrected chi connectivity index (χ2v) is 3.83. The van der Waals surface area contributed by atoms with Crippen molar-refractivity contribution in [1.29, 1.82) is 0 Å². The molecule has 2 aromatic rings. The molecule has 15 heavy (non-hydrogen) atoms. The molecule has 1 atom stereocenters. The van der Waals surface area contributed by atoms with Gasteiger partial charge in [-0.05, 0) is 36.6 Å². The fourth-order valence-corrected chi connectivity index (χ4v) is 1.78. The first-order chi connectivity index (χ1) is 7.22. The average molecular weight is 206 g/mol. The van der Waals surface area contributed by atoms with E-state index in [1.165, 1.54) is 6.07 Å². The lowest BCUT2D eigenvalue weighted by Crippen LogP contribution is -2.21. The van der Waals surface area contributed by atoms with Gasteiger partial charge in [-0.3, -0.25) is 0 Å². The van der Waals surface area contributed by atoms with Crippen LogP contribution in [0.3, 0.4) is 0 Å². The topological polar surface area (TPSA) is 30.4 Å². The van der Waals surface area contributed by atoms with E-state index >= 15 is 0 Å². The van der Waals surface area contributed by atoms with E-state index in [0.717, 1.165) is 18.4 Å². The Balaban J connectivity index is 2.43. The molecular weight excluding hydrogens is 191 g/mol. The van der Waals surface area contributed by atoms with Gasteiger partial charge in [-0.2, -0.15) is 0 Å². The van der Waals surface area contributed by atoms with Gasteiger partial charge in [0.25, 0.3) is 0 Å². The summed E-state index contributed by atoms with van der Waals surface area (Å²) in [7, 11) is 0. The van der Waals surface area contributed by atoms with E-state index in [1.54, 1.807) is 10.5 Å². The number of halogens is 1. The Morgan fingerprint density at radius 2 is 2.20 bits per heavy atom. The van der Waals surface area contributed by atoms with Crippen LogP contribution in [0.5, 0.6) is 0 Å². The van der Waals surface area contributed by atoms with Crippen molar-refractivity contribution < 1.29 is 4.39 Å². The standard InChI is InChI=1S/C12H15FN2/c1-2-10(14)8-9-5-7-15-6-3-4-11(13)12(9)15/h3-7,10H,2,8,14H2,1H3. The monoisotopic (exact) mass is 206 g/mol. The van der Waals surface area contributed by atoms with E-state index in [0.29, 0.717) is 5.52 Å². The molecule has 0 aliphatic heterocycles. The zero-order chi connectivity index (χ0) is 10.8. The van der Waals surface area contributed by atoms with Crippen LogP contribution in [0.4, 0.5) is 4.39 Å². The summed E-state index contributed by atoms with van der Waals surface area (Å²) < 4.78 is 15.4. The van der Waals surface area contributed by atoms with E-state index in [2.05, 4.69) is 0 Å². The van der Waals surface area contributed by atoms with Crippen LogP contribution in [0.25, 0.3) is 5.52 Å². The van der Waals surface area contributed by atoms with Gasteiger partial charge in [0.1, 0.15) is 5.82 Å². The second kappa shape index (κ2) is 4.03. The normalized spacial score (nSPS) is 13.3. The average Bonchev–Trinajstić information content (AvgIpc) is 2.63. The number of rotatable bonds is 3. The molecule has 0 bridgehead atoms. The number of fused-ring (bicyclic) bond motifs is 1. The first kappa shape index (κ1) is 10.2. The minimum Gasteiger partial charge on any atom is -0.327 e. The van der Waals surface area contributed by atoms with Crippen molar-refractivity contribution in [1.82, 2.24) is 4.40 Å². The Kier molecular flexibility index (Phi) is 2.73. The minimum atomic E-state index is -0.180. The fourth-order valence-electron chi connectivity index (χ4n) is 1.78. The van der Waals surface area contributed by atoms with E-state index in [4.69, 9.17) is 5.73 Å². The summed E-state index contributed by atoms with van der Waals surface area (Å²) >= 11 is 0. The lowest BCUT2D eigenvalue weighted by molar-refractivity contribution is 0.624. The van der Waals surface area contributed by atoms with Crippen LogP contribution in [0.15, 0.2) is 30.6 Å². The first-order valence-corrected chi connectivity index (χ1v) is 5.22. The maximum absolute atomic E-state index is 13.6. The number of hydrogen-bond donors (Lipinski definition) is 1. The van der Waals surface area contributed by atoms with Gasteiger partial charge < -0.3 is 10.1 Å². The third-order valence-electron chi connectivity index (χ3n) is 2.72. The summed E-state index contributed by atoms with van der Waals surface area (Å²) in [6, 6.07) is 5.23. The van der Waals surface area contributed by atoms with Gasteiger partial charge in [0.05, 0.1) is 5.52 Å². The molecule has 0 aromatic carbocycles. The van der Waals surface area contributed by atoms with Crippen molar-refractivity contribution in [3.05, 3.63) is 42.0 Å². The van der Waals surface area contributed by atoms with Crippen LogP contribution in [0.2, 0.25) is 0 Å². The summed E-state index contributed by atoms with van der Waals surface area (Å²) in [6.07, 6.45) is 5.36. The molecule has 0 fully saturated rings. The molecule has 80 valence electrons. The maximum Gasteiger partial charge on any atom is 0.147 e. The molecule has 2 aromatic heterocycles. The van der Waals surface area contributed by atoms with Crippen LogP contribution in [0, 0.1) is 5.82 Å². The molecular formula is C12H15FN2. The highest BCUT2D eigenvalue weighted by Gasteiger charge is 2.09. The Hall–Kier alpha value is -1.35. The maximum atomic E-state index is 13.6. The lowest BCUT2D eigenvalue weighted by atomic mass is 10.1. The van der Waals surface area contributed by atoms with Gasteiger partial charge in [0.2, 0.25) is 0 Å². The Bertz CT molecular complexity index is 462. The molecule has 0 aliphatic carbocycles. The molecule has 0 saturated heterocycles. The van der Waals surface area contributed by atoms with Crippen LogP contribution < -0.4 is 5.73 Å². The summed E-state index contributed by atoms with van der Waals surface area (Å²) in [6.45, 7) is 2.04. The van der Waals surface area contributed by atoms with Crippen LogP contribution in [0.1, 0.15) is 18.9 Å². The van der Waals surface area contributed by atoms with Crippen molar-refractivity contribution in [3.8, 4) is 0 Å². The van der Waals surface area contributed by atoms with E-state index in [-0.39, 0.29) is 11.9 Å². The largest absolute Gasteiger partial charge is 0.327 e. The molecule has 0 aliphatic rings. The molecule has 0 radical (unpaired) electrons. The number of nitrogens with zero attached hydrogens (tertiary/aromatic N) is 1. The van der Waals surface area contributed by atoms with Gasteiger partial charge in [0, 0.05) is 18.4 Å². The second-order valence-electron chi connectivity index (χ2n) is 3.83. The molecule has 2 heterocycles. The van der Waals surface area contributed by atoms with E-state index < -0.39 is 0 Å². The molecule has 3 heteroatoms. The SMILES string of the molecule is CCC(N)Cc1ccn2cccc(F)c12. The van der Waals surface area contributed by atoms with Gasteiger partial charge in [0.15, 0.2) is 0 Å². The summed E-state index contributed by atoms with van der Waals surface area (Å²) in [4.78, 5) is 0. The third-order valence-corrected chi connectivity index (χ3v) is 2.72. The zero-order valence-corrected chi connectivity index (χ0v) is 8.78. The highest BCUT2D eigenvalue weighted by Crippen LogP contribution is 2.18. The smallest absolute Gasteiger partial charge is 0.147 e. The molecule has 2 nitrogen and oxygen atoms in total. The highest BCUT2D eigenvalue weighted by molar-refractivity contribution is 5.57. The number of nitrogens with two attached hydrogens (primary N) is 1. The molecule has 0 amide bonds. The summed E-state index contributed by atoms with van der Waals surface area (Å²) in [5, 5.41) is 0. The Morgan fingerprint density at radius 3 is 2.93 bits per heavy atom. The van der Waals surface area contributed by atoms with Crippen LogP contribution in [-0.4, -0.2) is 10.4 Å². The van der Waals surface area contributed by atoms with Crippen molar-refractivity contribution in [2.75, 3.05) is 0 Å². The van der Waals surface area contributed by atoms with Crippen LogP contribution in [-0.2, 0) is 6.42 Å². The molecule has 0 spiro atoms. The lowest BCUT2D eigenvalue weighted by Gasteiger charge is -2.07. The predicted molar refractivity (Wildman–Crippen MR) is 59.3 cm³/mol. The predicted octanol–water partition coefficient (Wildman–Crippen LogP) is 2.36. The Labute approximate surface area is 88.5 Å². The van der Waals surface area contributed by atoms with Crippen molar-refractivity contribution >= 4 is 5.52 Å². The number of aromatic nitrogens is 1. The van der Waals surface area contributed by atoms with Gasteiger partial charge in [-0.25, -0.2) is 4.39 Å². The van der Waals surface area contributed by atoms with Gasteiger partial charge in [-0.15, -0.1) is 0 Å². The molecule has 1 unspecified atom stereocenters. The Morgan fingerprint density at radius 1 is 1.40 bits per heavy atom. The number of pyridine rings is 1. The fraction of sp³-hybridized carbons (Fsp3) is 0.333. The molecule has 2 rings (SSSR count). The molecule has 0 saturated carbocycles. The quantitative estimate of drug-likeness (QED) is 0.821. The van der Waals surface area contributed by atoms with Gasteiger partial charge in [-0.1, -0.05) is 6.92 Å². The van der Waals surface area contributed by atoms with Gasteiger partial charge >= 0.3 is 0 Å². The van der Waals surface area contributed by atoms with Crippen molar-refractivity contribution in [2.45, 2.75) is 25.8 Å². The van der Waals surface area contributed by atoms with E-state index in [1.807, 2.05) is 25.4 Å². The minimum absolute atomic E-state index is 0.107. The number of hydrogen-bond acceptors (Lipinski definition) is 1. The van der Waals surface area contributed by atoms with Crippen molar-refractivity contribution in [3.63, 3.8) is 0 Å². The van der Waals surface area contributed by atoms with Crippen LogP contribution >= 0.6 is 0 Å². The zero-order valence-electron chi connectivity index (χ0n) is 8.78. The first-order valence-electron chi connectivity index (χ1n) is 5.22. The van der Waals surface area contributed by atoms with E-state index in [9.17, 15) is 4.39 Å². The highest BCUT2D eigenvalue weighted by atomic mass is 19.1. The summed E-state index contributed by atoms with van der Waals surface area (Å²) in [5.41, 5.74) is 7.52. The van der Waals surface area contributed by atoms with Crippen molar-refractivity contribution in [2.24, 2.45) is 5.73 Å². The third kappa shape index (κ3) is 1.88. The summed E-state index contributed by atoms with van der Waals surface area (Å²) in [5.74, 6) is -0.180. The molecule has 2 N–H and O–H groups in total.